The van der Waals surface area contributed by atoms with Gasteiger partial charge in [0.1, 0.15) is 73.2 Å². The predicted octanol–water partition coefficient (Wildman–Crippen LogP) is -5.64. The maximum atomic E-state index is 10.8. The minimum Gasteiger partial charge on any atom is -0.388 e. The zero-order chi connectivity index (χ0) is 30.5. The summed E-state index contributed by atoms with van der Waals surface area (Å²) in [4.78, 5) is 0. The van der Waals surface area contributed by atoms with Crippen LogP contribution in [0, 0.1) is 0 Å². The Morgan fingerprint density at radius 2 is 0.659 bits per heavy atom. The van der Waals surface area contributed by atoms with E-state index in [1.165, 1.54) is 27.7 Å². The van der Waals surface area contributed by atoms with Crippen molar-refractivity contribution in [1.82, 2.24) is 0 Å². The van der Waals surface area contributed by atoms with Crippen LogP contribution in [0.25, 0.3) is 0 Å². The van der Waals surface area contributed by atoms with Gasteiger partial charge >= 0.3 is 0 Å². The van der Waals surface area contributed by atoms with E-state index in [4.69, 9.17) is 33.2 Å². The van der Waals surface area contributed by atoms with E-state index < -0.39 is 123 Å². The molecule has 0 amide bonds. The summed E-state index contributed by atoms with van der Waals surface area (Å²) in [7, 11) is 0. The van der Waals surface area contributed by atoms with Gasteiger partial charge in [-0.15, -0.1) is 0 Å². The summed E-state index contributed by atoms with van der Waals surface area (Å²) in [5.41, 5.74) is 0. The first kappa shape index (κ1) is 33.2. The first-order valence-electron chi connectivity index (χ1n) is 13.5. The van der Waals surface area contributed by atoms with E-state index in [2.05, 4.69) is 0 Å². The molecule has 0 saturated carbocycles. The summed E-state index contributed by atoms with van der Waals surface area (Å²) in [5.74, 6) is 0. The fraction of sp³-hybridized carbons (Fsp3) is 1.00. The molecule has 0 radical (unpaired) electrons. The highest BCUT2D eigenvalue weighted by Gasteiger charge is 2.53. The molecule has 17 nitrogen and oxygen atoms in total. The highest BCUT2D eigenvalue weighted by Crippen LogP contribution is 2.33. The van der Waals surface area contributed by atoms with Crippen molar-refractivity contribution in [1.29, 1.82) is 0 Å². The second-order valence-corrected chi connectivity index (χ2v) is 11.1. The van der Waals surface area contributed by atoms with Crippen LogP contribution in [0.4, 0.5) is 0 Å². The van der Waals surface area contributed by atoms with Crippen molar-refractivity contribution in [3.63, 3.8) is 0 Å². The highest BCUT2D eigenvalue weighted by molar-refractivity contribution is 4.96. The van der Waals surface area contributed by atoms with Crippen molar-refractivity contribution >= 4 is 0 Å². The molecule has 4 heterocycles. The Labute approximate surface area is 235 Å². The zero-order valence-electron chi connectivity index (χ0n) is 22.9. The molecular weight excluding hydrogens is 560 g/mol. The third kappa shape index (κ3) is 6.57. The number of aliphatic hydroxyl groups is 10. The molecule has 20 atom stereocenters. The molecule has 4 fully saturated rings. The summed E-state index contributed by atoms with van der Waals surface area (Å²) in [6, 6.07) is 0. The van der Waals surface area contributed by atoms with Gasteiger partial charge in [-0.2, -0.15) is 0 Å². The van der Waals surface area contributed by atoms with Crippen LogP contribution >= 0.6 is 0 Å². The van der Waals surface area contributed by atoms with Gasteiger partial charge in [-0.3, -0.25) is 0 Å². The Balaban J connectivity index is 1.37. The van der Waals surface area contributed by atoms with Crippen molar-refractivity contribution in [3.8, 4) is 0 Å². The van der Waals surface area contributed by atoms with Crippen LogP contribution < -0.4 is 0 Å². The maximum Gasteiger partial charge on any atom is 0.187 e. The molecule has 41 heavy (non-hydrogen) atoms. The van der Waals surface area contributed by atoms with Gasteiger partial charge in [0, 0.05) is 0 Å². The van der Waals surface area contributed by atoms with E-state index >= 15 is 0 Å². The Morgan fingerprint density at radius 1 is 0.341 bits per heavy atom. The van der Waals surface area contributed by atoms with E-state index in [0.29, 0.717) is 0 Å². The summed E-state index contributed by atoms with van der Waals surface area (Å²) in [6.45, 7) is 5.85. The fourth-order valence-electron chi connectivity index (χ4n) is 5.41. The van der Waals surface area contributed by atoms with E-state index in [9.17, 15) is 51.1 Å². The molecule has 1 unspecified atom stereocenters. The van der Waals surface area contributed by atoms with Crippen LogP contribution in [-0.4, -0.2) is 174 Å². The average molecular weight is 603 g/mol. The molecule has 4 aliphatic heterocycles. The molecule has 0 aliphatic carbocycles. The van der Waals surface area contributed by atoms with Crippen molar-refractivity contribution < 1.29 is 84.2 Å². The second-order valence-electron chi connectivity index (χ2n) is 11.1. The van der Waals surface area contributed by atoms with E-state index in [0.717, 1.165) is 0 Å². The van der Waals surface area contributed by atoms with Crippen LogP contribution in [0.3, 0.4) is 0 Å². The van der Waals surface area contributed by atoms with Gasteiger partial charge in [-0.25, -0.2) is 0 Å². The molecule has 0 aromatic carbocycles. The largest absolute Gasteiger partial charge is 0.388 e. The topological polar surface area (TPSA) is 267 Å². The Bertz CT molecular complexity index is 853. The summed E-state index contributed by atoms with van der Waals surface area (Å²) >= 11 is 0. The van der Waals surface area contributed by atoms with Crippen molar-refractivity contribution in [2.75, 3.05) is 0 Å². The minimum atomic E-state index is -1.75. The molecule has 240 valence electrons. The number of ether oxygens (including phenoxy) is 7. The summed E-state index contributed by atoms with van der Waals surface area (Å²) < 4.78 is 38.8. The van der Waals surface area contributed by atoms with Crippen LogP contribution in [0.1, 0.15) is 27.7 Å². The monoisotopic (exact) mass is 602 g/mol. The molecule has 0 spiro atoms. The third-order valence-corrected chi connectivity index (χ3v) is 8.03. The predicted molar refractivity (Wildman–Crippen MR) is 128 cm³/mol. The minimum absolute atomic E-state index is 0.904. The Hall–Kier alpha value is -0.680. The Morgan fingerprint density at radius 3 is 1.07 bits per heavy atom. The first-order chi connectivity index (χ1) is 19.1. The third-order valence-electron chi connectivity index (χ3n) is 8.03. The number of aliphatic hydroxyl groups excluding tert-OH is 10. The van der Waals surface area contributed by atoms with Gasteiger partial charge in [0.25, 0.3) is 0 Å². The van der Waals surface area contributed by atoms with Gasteiger partial charge < -0.3 is 84.2 Å². The smallest absolute Gasteiger partial charge is 0.187 e. The van der Waals surface area contributed by atoms with Gasteiger partial charge in [0.2, 0.25) is 0 Å². The number of hydrogen-bond acceptors (Lipinski definition) is 17. The SMILES string of the molecule is C[C@@H]1O[C@@H](O[C@H]2[C@@H](O)[C@H](O)[C@H](O[C@H]3[C@@H](O)[C@H](O)[C@H](O[C@H]4[C@@H](O)[C@H](O)C(O)O[C@H]4C)O[C@H]3C)O[C@H]2C)[C@@H](O)[C@H](O)[C@@H]1O. The van der Waals surface area contributed by atoms with Gasteiger partial charge in [0.15, 0.2) is 25.2 Å². The van der Waals surface area contributed by atoms with Gasteiger partial charge in [-0.1, -0.05) is 0 Å². The summed E-state index contributed by atoms with van der Waals surface area (Å²) in [6.07, 6.45) is -28.5. The quantitative estimate of drug-likeness (QED) is 0.136. The average Bonchev–Trinajstić information content (AvgIpc) is 2.92. The van der Waals surface area contributed by atoms with Crippen LogP contribution in [0.5, 0.6) is 0 Å². The first-order valence-corrected chi connectivity index (χ1v) is 13.5. The lowest BCUT2D eigenvalue weighted by Gasteiger charge is -2.48. The fourth-order valence-corrected chi connectivity index (χ4v) is 5.41. The molecule has 4 saturated heterocycles. The lowest BCUT2D eigenvalue weighted by Crippen LogP contribution is -2.66. The van der Waals surface area contributed by atoms with Crippen LogP contribution in [-0.2, 0) is 33.2 Å². The second kappa shape index (κ2) is 13.1. The molecule has 4 rings (SSSR count). The molecule has 17 heteroatoms. The standard InChI is InChI=1S/C24H42O17/c1-5-9(25)10(26)15(31)22(36-5)40-19-7(3)38-24(17(33)12(19)28)41-20-8(4)37-23(16(32)13(20)29)39-18-6(2)35-21(34)14(30)11(18)27/h5-34H,1-4H3/t5-,6-,7-,8-,9+,10+,11-,12-,13-,14-,15-,16-,17-,18+,19+,20+,21?,22-,23-,24-/m0/s1. The summed E-state index contributed by atoms with van der Waals surface area (Å²) in [5, 5.41) is 103. The van der Waals surface area contributed by atoms with Gasteiger partial charge in [0.05, 0.1) is 24.4 Å². The van der Waals surface area contributed by atoms with Crippen molar-refractivity contribution in [2.24, 2.45) is 0 Å². The normalized spacial score (nSPS) is 56.9. The van der Waals surface area contributed by atoms with Crippen LogP contribution in [0.2, 0.25) is 0 Å². The van der Waals surface area contributed by atoms with Crippen LogP contribution in [0.15, 0.2) is 0 Å². The van der Waals surface area contributed by atoms with E-state index in [-0.39, 0.29) is 0 Å². The molecule has 0 aromatic rings. The van der Waals surface area contributed by atoms with E-state index in [1.54, 1.807) is 0 Å². The molecule has 0 aromatic heterocycles. The Kier molecular flexibility index (Phi) is 10.6. The number of hydrogen-bond donors (Lipinski definition) is 10. The van der Waals surface area contributed by atoms with Crippen molar-refractivity contribution in [2.45, 2.75) is 151 Å². The maximum absolute atomic E-state index is 10.8. The van der Waals surface area contributed by atoms with Gasteiger partial charge in [-0.05, 0) is 27.7 Å². The van der Waals surface area contributed by atoms with Crippen molar-refractivity contribution in [3.05, 3.63) is 0 Å². The molecule has 4 aliphatic rings. The number of rotatable bonds is 6. The lowest BCUT2D eigenvalue weighted by atomic mass is 9.96. The van der Waals surface area contributed by atoms with E-state index in [1.807, 2.05) is 0 Å². The molecular formula is C24H42O17. The molecule has 0 bridgehead atoms. The molecule has 10 N–H and O–H groups in total. The lowest BCUT2D eigenvalue weighted by molar-refractivity contribution is -0.381. The zero-order valence-corrected chi connectivity index (χ0v) is 22.9. The highest BCUT2D eigenvalue weighted by atomic mass is 16.8.